The molecule has 0 N–H and O–H groups in total. The van der Waals surface area contributed by atoms with Crippen LogP contribution in [0.15, 0.2) is 33.5 Å². The number of piperidine rings is 2. The zero-order valence-corrected chi connectivity index (χ0v) is 15.7. The van der Waals surface area contributed by atoms with E-state index in [1.165, 1.54) is 25.7 Å². The van der Waals surface area contributed by atoms with E-state index in [0.717, 1.165) is 38.1 Å². The highest BCUT2D eigenvalue weighted by molar-refractivity contribution is 5.78. The van der Waals surface area contributed by atoms with Gasteiger partial charge in [-0.05, 0) is 50.8 Å². The number of carbonyl (C=O) groups is 1. The number of oxazole rings is 1. The normalized spacial score (nSPS) is 27.0. The van der Waals surface area contributed by atoms with E-state index in [4.69, 9.17) is 4.42 Å². The third kappa shape index (κ3) is 3.20. The quantitative estimate of drug-likeness (QED) is 0.831. The second kappa shape index (κ2) is 6.51. The van der Waals surface area contributed by atoms with Crippen molar-refractivity contribution in [3.63, 3.8) is 0 Å². The molecule has 0 radical (unpaired) electrons. The highest BCUT2D eigenvalue weighted by atomic mass is 16.4. The van der Waals surface area contributed by atoms with Crippen molar-refractivity contribution in [1.29, 1.82) is 0 Å². The third-order valence-corrected chi connectivity index (χ3v) is 6.64. The molecule has 0 bridgehead atoms. The summed E-state index contributed by atoms with van der Waals surface area (Å²) >= 11 is 0. The molecule has 5 rings (SSSR count). The monoisotopic (exact) mass is 369 g/mol. The largest absolute Gasteiger partial charge is 0.419 e. The highest BCUT2D eigenvalue weighted by Crippen LogP contribution is 2.42. The van der Waals surface area contributed by atoms with Crippen LogP contribution in [-0.4, -0.2) is 52.5 Å². The Kier molecular flexibility index (Phi) is 4.11. The van der Waals surface area contributed by atoms with Crippen molar-refractivity contribution in [3.8, 4) is 0 Å². The Labute approximate surface area is 158 Å². The van der Waals surface area contributed by atoms with Gasteiger partial charge in [0, 0.05) is 44.1 Å². The van der Waals surface area contributed by atoms with Crippen LogP contribution in [0.4, 0.5) is 0 Å². The molecule has 3 aliphatic rings. The fourth-order valence-corrected chi connectivity index (χ4v) is 5.06. The zero-order valence-electron chi connectivity index (χ0n) is 15.7. The first-order chi connectivity index (χ1) is 13.1. The first kappa shape index (κ1) is 17.0. The molecule has 6 heteroatoms. The molecule has 1 unspecified atom stereocenters. The smallest absolute Gasteiger partial charge is 0.408 e. The van der Waals surface area contributed by atoms with Gasteiger partial charge in [-0.2, -0.15) is 0 Å². The second-order valence-corrected chi connectivity index (χ2v) is 8.62. The molecule has 27 heavy (non-hydrogen) atoms. The number of benzene rings is 1. The number of hydrogen-bond donors (Lipinski definition) is 0. The summed E-state index contributed by atoms with van der Waals surface area (Å²) in [6.07, 6.45) is 6.47. The average molecular weight is 369 g/mol. The molecule has 2 saturated heterocycles. The predicted octanol–water partition coefficient (Wildman–Crippen LogP) is 2.46. The van der Waals surface area contributed by atoms with E-state index in [2.05, 4.69) is 9.80 Å². The van der Waals surface area contributed by atoms with Crippen LogP contribution in [0.1, 0.15) is 38.5 Å². The molecule has 2 aliphatic heterocycles. The van der Waals surface area contributed by atoms with Gasteiger partial charge < -0.3 is 14.2 Å². The predicted molar refractivity (Wildman–Crippen MR) is 103 cm³/mol. The van der Waals surface area contributed by atoms with Gasteiger partial charge in [-0.1, -0.05) is 12.1 Å². The fourth-order valence-electron chi connectivity index (χ4n) is 5.06. The Morgan fingerprint density at radius 3 is 2.78 bits per heavy atom. The topological polar surface area (TPSA) is 58.7 Å². The molecule has 1 spiro atoms. The number of likely N-dealkylation sites (tertiary alicyclic amines) is 2. The summed E-state index contributed by atoms with van der Waals surface area (Å²) in [6, 6.07) is 8.13. The average Bonchev–Trinajstić information content (AvgIpc) is 3.46. The second-order valence-electron chi connectivity index (χ2n) is 8.62. The molecular formula is C21H27N3O3. The molecule has 1 aromatic heterocycles. The Morgan fingerprint density at radius 2 is 1.93 bits per heavy atom. The van der Waals surface area contributed by atoms with E-state index in [-0.39, 0.29) is 11.2 Å². The summed E-state index contributed by atoms with van der Waals surface area (Å²) in [5, 5.41) is 0. The molecule has 3 fully saturated rings. The minimum atomic E-state index is -0.272. The van der Waals surface area contributed by atoms with Crippen LogP contribution >= 0.6 is 0 Å². The van der Waals surface area contributed by atoms with Crippen molar-refractivity contribution in [3.05, 3.63) is 34.8 Å². The molecule has 1 saturated carbocycles. The van der Waals surface area contributed by atoms with Gasteiger partial charge in [0.1, 0.15) is 0 Å². The van der Waals surface area contributed by atoms with E-state index >= 15 is 0 Å². The van der Waals surface area contributed by atoms with Crippen LogP contribution in [0.5, 0.6) is 0 Å². The molecule has 1 atom stereocenters. The molecule has 6 nitrogen and oxygen atoms in total. The Morgan fingerprint density at radius 1 is 1.07 bits per heavy atom. The minimum absolute atomic E-state index is 0.248. The molecule has 144 valence electrons. The van der Waals surface area contributed by atoms with E-state index in [1.54, 1.807) is 4.57 Å². The van der Waals surface area contributed by atoms with E-state index < -0.39 is 0 Å². The van der Waals surface area contributed by atoms with Gasteiger partial charge >= 0.3 is 5.76 Å². The number of fused-ring (bicyclic) bond motifs is 1. The minimum Gasteiger partial charge on any atom is -0.408 e. The van der Waals surface area contributed by atoms with E-state index in [0.29, 0.717) is 30.5 Å². The zero-order chi connectivity index (χ0) is 18.4. The van der Waals surface area contributed by atoms with Crippen LogP contribution in [0, 0.1) is 5.41 Å². The fraction of sp³-hybridized carbons (Fsp3) is 0.619. The number of rotatable bonds is 4. The number of amides is 1. The van der Waals surface area contributed by atoms with Crippen molar-refractivity contribution in [2.24, 2.45) is 5.41 Å². The summed E-state index contributed by atoms with van der Waals surface area (Å²) < 4.78 is 7.10. The number of nitrogens with zero attached hydrogens (tertiary/aromatic N) is 3. The lowest BCUT2D eigenvalue weighted by Gasteiger charge is -2.48. The van der Waals surface area contributed by atoms with Crippen molar-refractivity contribution in [2.75, 3.05) is 26.2 Å². The standard InChI is InChI=1S/C21H27N3O3/c25-19-8-10-21(15-24(19)16-6-7-16)9-3-11-22(14-21)12-13-23-17-4-1-2-5-18(17)27-20(23)26/h1-2,4-5,16H,3,6-15H2. The Bertz CT molecular complexity index is 913. The summed E-state index contributed by atoms with van der Waals surface area (Å²) in [7, 11) is 0. The molecule has 3 heterocycles. The number of hydrogen-bond acceptors (Lipinski definition) is 4. The maximum atomic E-state index is 12.3. The van der Waals surface area contributed by atoms with Crippen LogP contribution in [0.2, 0.25) is 0 Å². The summed E-state index contributed by atoms with van der Waals surface area (Å²) in [5.41, 5.74) is 1.78. The first-order valence-electron chi connectivity index (χ1n) is 10.2. The highest BCUT2D eigenvalue weighted by Gasteiger charge is 2.45. The lowest BCUT2D eigenvalue weighted by Crippen LogP contribution is -2.54. The Balaban J connectivity index is 1.28. The van der Waals surface area contributed by atoms with Gasteiger partial charge in [-0.25, -0.2) is 4.79 Å². The molecular weight excluding hydrogens is 342 g/mol. The van der Waals surface area contributed by atoms with Crippen LogP contribution in [0.25, 0.3) is 11.1 Å². The van der Waals surface area contributed by atoms with Gasteiger partial charge in [0.2, 0.25) is 5.91 Å². The number of para-hydroxylation sites is 2. The molecule has 1 aliphatic carbocycles. The van der Waals surface area contributed by atoms with Crippen molar-refractivity contribution in [2.45, 2.75) is 51.1 Å². The van der Waals surface area contributed by atoms with Gasteiger partial charge in [0.05, 0.1) is 5.52 Å². The van der Waals surface area contributed by atoms with Crippen LogP contribution < -0.4 is 5.76 Å². The maximum absolute atomic E-state index is 12.3. The van der Waals surface area contributed by atoms with Gasteiger partial charge in [0.25, 0.3) is 0 Å². The SMILES string of the molecule is O=C1CCC2(CCCN(CCn3c(=O)oc4ccccc43)C2)CN1C1CC1. The van der Waals surface area contributed by atoms with E-state index in [1.807, 2.05) is 24.3 Å². The maximum Gasteiger partial charge on any atom is 0.419 e. The molecule has 1 amide bonds. The Hall–Kier alpha value is -2.08. The van der Waals surface area contributed by atoms with Gasteiger partial charge in [0.15, 0.2) is 5.58 Å². The summed E-state index contributed by atoms with van der Waals surface area (Å²) in [5.74, 6) is 0.0859. The van der Waals surface area contributed by atoms with Crippen molar-refractivity contribution in [1.82, 2.24) is 14.4 Å². The van der Waals surface area contributed by atoms with E-state index in [9.17, 15) is 9.59 Å². The lowest BCUT2D eigenvalue weighted by atomic mass is 9.73. The van der Waals surface area contributed by atoms with Crippen LogP contribution in [0.3, 0.4) is 0 Å². The molecule has 1 aromatic carbocycles. The first-order valence-corrected chi connectivity index (χ1v) is 10.2. The van der Waals surface area contributed by atoms with Gasteiger partial charge in [-0.3, -0.25) is 9.36 Å². The summed E-state index contributed by atoms with van der Waals surface area (Å²) in [4.78, 5) is 29.1. The number of carbonyl (C=O) groups excluding carboxylic acids is 1. The molecule has 2 aromatic rings. The third-order valence-electron chi connectivity index (χ3n) is 6.64. The summed E-state index contributed by atoms with van der Waals surface area (Å²) in [6.45, 7) is 4.54. The lowest BCUT2D eigenvalue weighted by molar-refractivity contribution is -0.140. The van der Waals surface area contributed by atoms with Gasteiger partial charge in [-0.15, -0.1) is 0 Å². The number of aromatic nitrogens is 1. The van der Waals surface area contributed by atoms with Crippen molar-refractivity contribution >= 4 is 17.0 Å². The van der Waals surface area contributed by atoms with Crippen LogP contribution in [-0.2, 0) is 11.3 Å². The van der Waals surface area contributed by atoms with Crippen molar-refractivity contribution < 1.29 is 9.21 Å².